The number of nitrogens with one attached hydrogen (secondary N) is 3. The summed E-state index contributed by atoms with van der Waals surface area (Å²) in [7, 11) is 0. The van der Waals surface area contributed by atoms with E-state index in [0.29, 0.717) is 4.57 Å². The molecule has 0 aliphatic carbocycles. The topological polar surface area (TPSA) is 131 Å². The third kappa shape index (κ3) is 4.90. The highest BCUT2D eigenvalue weighted by Gasteiger charge is 2.38. The van der Waals surface area contributed by atoms with Gasteiger partial charge < -0.3 is 15.6 Å². The predicted octanol–water partition coefficient (Wildman–Crippen LogP) is 0.895. The van der Waals surface area contributed by atoms with Crippen LogP contribution in [0.5, 0.6) is 0 Å². The predicted molar refractivity (Wildman–Crippen MR) is 92.4 cm³/mol. The number of amides is 4. The van der Waals surface area contributed by atoms with Gasteiger partial charge in [0.05, 0.1) is 11.0 Å². The van der Waals surface area contributed by atoms with Gasteiger partial charge in [0.25, 0.3) is 11.8 Å². The van der Waals surface area contributed by atoms with Crippen LogP contribution in [0.25, 0.3) is 11.0 Å². The Kier molecular flexibility index (Phi) is 6.11. The molecule has 0 aliphatic heterocycles. The summed E-state index contributed by atoms with van der Waals surface area (Å²) in [6, 6.07) is 3.87. The molecule has 0 spiro atoms. The van der Waals surface area contributed by atoms with Crippen molar-refractivity contribution in [2.24, 2.45) is 11.7 Å². The zero-order valence-electron chi connectivity index (χ0n) is 15.0. The highest BCUT2D eigenvalue weighted by atomic mass is 19.4. The van der Waals surface area contributed by atoms with Crippen molar-refractivity contribution in [3.8, 4) is 0 Å². The van der Waals surface area contributed by atoms with Gasteiger partial charge in [-0.15, -0.1) is 0 Å². The Bertz CT molecular complexity index is 893. The van der Waals surface area contributed by atoms with Gasteiger partial charge in [0.1, 0.15) is 12.6 Å². The van der Waals surface area contributed by atoms with Crippen molar-refractivity contribution in [2.75, 3.05) is 0 Å². The number of imidazole rings is 1. The average Bonchev–Trinajstić information content (AvgIpc) is 2.96. The molecule has 0 aliphatic rings. The second-order valence-corrected chi connectivity index (χ2v) is 6.28. The maximum absolute atomic E-state index is 13.2. The molecule has 12 heteroatoms. The Labute approximate surface area is 157 Å². The zero-order chi connectivity index (χ0) is 21.1. The molecule has 0 saturated carbocycles. The van der Waals surface area contributed by atoms with E-state index in [2.05, 4.69) is 15.7 Å². The quantitative estimate of drug-likeness (QED) is 0.555. The Morgan fingerprint density at radius 3 is 2.39 bits per heavy atom. The summed E-state index contributed by atoms with van der Waals surface area (Å²) < 4.78 is 40.4. The second kappa shape index (κ2) is 8.15. The lowest BCUT2D eigenvalue weighted by Gasteiger charge is -2.20. The molecule has 2 aromatic rings. The van der Waals surface area contributed by atoms with E-state index in [9.17, 15) is 27.6 Å². The number of fused-ring (bicyclic) bond motifs is 1. The molecule has 1 atom stereocenters. The summed E-state index contributed by atoms with van der Waals surface area (Å²) >= 11 is 0. The van der Waals surface area contributed by atoms with Crippen LogP contribution in [0.15, 0.2) is 24.3 Å². The van der Waals surface area contributed by atoms with E-state index in [4.69, 9.17) is 5.73 Å². The van der Waals surface area contributed by atoms with E-state index in [1.54, 1.807) is 13.8 Å². The first-order chi connectivity index (χ1) is 13.0. The summed E-state index contributed by atoms with van der Waals surface area (Å²) in [4.78, 5) is 38.6. The van der Waals surface area contributed by atoms with Gasteiger partial charge in [-0.3, -0.25) is 20.4 Å². The molecule has 152 valence electrons. The highest BCUT2D eigenvalue weighted by Crippen LogP contribution is 2.31. The van der Waals surface area contributed by atoms with Gasteiger partial charge >= 0.3 is 12.2 Å². The van der Waals surface area contributed by atoms with Crippen LogP contribution in [-0.4, -0.2) is 33.4 Å². The maximum Gasteiger partial charge on any atom is 0.449 e. The van der Waals surface area contributed by atoms with Gasteiger partial charge in [-0.1, -0.05) is 26.0 Å². The SMILES string of the molecule is CC(C)[C@H](NC(N)=O)C(=O)NNC(=O)Cn1c(C(F)(F)F)nc2ccccc21. The molecule has 0 fully saturated rings. The van der Waals surface area contributed by atoms with E-state index >= 15 is 0 Å². The number of rotatable bonds is 5. The number of benzene rings is 1. The molecule has 2 rings (SSSR count). The summed E-state index contributed by atoms with van der Waals surface area (Å²) in [6.45, 7) is 2.54. The van der Waals surface area contributed by atoms with Gasteiger partial charge in [0.15, 0.2) is 0 Å². The van der Waals surface area contributed by atoms with E-state index < -0.39 is 42.4 Å². The van der Waals surface area contributed by atoms with Crippen molar-refractivity contribution in [1.29, 1.82) is 0 Å². The number of para-hydroxylation sites is 2. The number of hydrogen-bond acceptors (Lipinski definition) is 4. The fourth-order valence-electron chi connectivity index (χ4n) is 2.53. The Morgan fingerprint density at radius 1 is 1.18 bits per heavy atom. The van der Waals surface area contributed by atoms with Gasteiger partial charge in [-0.25, -0.2) is 9.78 Å². The molecule has 5 N–H and O–H groups in total. The number of aromatic nitrogens is 2. The Balaban J connectivity index is 2.13. The average molecular weight is 400 g/mol. The van der Waals surface area contributed by atoms with Crippen LogP contribution in [0.2, 0.25) is 0 Å². The maximum atomic E-state index is 13.2. The first-order valence-electron chi connectivity index (χ1n) is 8.17. The van der Waals surface area contributed by atoms with Crippen molar-refractivity contribution in [1.82, 2.24) is 25.7 Å². The number of urea groups is 1. The van der Waals surface area contributed by atoms with Gasteiger partial charge in [0.2, 0.25) is 5.82 Å². The number of alkyl halides is 3. The van der Waals surface area contributed by atoms with Gasteiger partial charge in [-0.2, -0.15) is 13.2 Å². The molecule has 0 radical (unpaired) electrons. The summed E-state index contributed by atoms with van der Waals surface area (Å²) in [5.41, 5.74) is 9.28. The first-order valence-corrected chi connectivity index (χ1v) is 8.17. The van der Waals surface area contributed by atoms with E-state index in [0.717, 1.165) is 0 Å². The van der Waals surface area contributed by atoms with Crippen LogP contribution < -0.4 is 21.9 Å². The standard InChI is InChI=1S/C16H19F3N6O3/c1-8(2)12(22-15(20)28)13(27)24-23-11(26)7-25-10-6-4-3-5-9(10)21-14(25)16(17,18)19/h3-6,8,12H,7H2,1-2H3,(H,23,26)(H,24,27)(H3,20,22,28)/t12-/m0/s1. The molecular formula is C16H19F3N6O3. The Morgan fingerprint density at radius 2 is 1.82 bits per heavy atom. The van der Waals surface area contributed by atoms with E-state index in [1.807, 2.05) is 5.43 Å². The number of primary amides is 1. The number of hydrogen-bond donors (Lipinski definition) is 4. The minimum Gasteiger partial charge on any atom is -0.352 e. The molecule has 9 nitrogen and oxygen atoms in total. The lowest BCUT2D eigenvalue weighted by Crippen LogP contribution is -2.55. The highest BCUT2D eigenvalue weighted by molar-refractivity contribution is 5.89. The third-order valence-corrected chi connectivity index (χ3v) is 3.78. The fraction of sp³-hybridized carbons (Fsp3) is 0.375. The molecule has 1 aromatic carbocycles. The normalized spacial score (nSPS) is 12.6. The van der Waals surface area contributed by atoms with E-state index in [-0.39, 0.29) is 17.0 Å². The fourth-order valence-corrected chi connectivity index (χ4v) is 2.53. The third-order valence-electron chi connectivity index (χ3n) is 3.78. The molecule has 0 bridgehead atoms. The Hall–Kier alpha value is -3.31. The zero-order valence-corrected chi connectivity index (χ0v) is 15.0. The molecule has 1 aromatic heterocycles. The molecule has 1 heterocycles. The number of nitrogens with two attached hydrogens (primary N) is 1. The number of halogens is 3. The largest absolute Gasteiger partial charge is 0.449 e. The van der Waals surface area contributed by atoms with Gasteiger partial charge in [-0.05, 0) is 18.1 Å². The monoisotopic (exact) mass is 400 g/mol. The lowest BCUT2D eigenvalue weighted by molar-refractivity contribution is -0.147. The molecule has 4 amide bonds. The van der Waals surface area contributed by atoms with Crippen molar-refractivity contribution in [3.63, 3.8) is 0 Å². The van der Waals surface area contributed by atoms with Crippen LogP contribution >= 0.6 is 0 Å². The van der Waals surface area contributed by atoms with E-state index in [1.165, 1.54) is 24.3 Å². The summed E-state index contributed by atoms with van der Waals surface area (Å²) in [6.07, 6.45) is -4.77. The van der Waals surface area contributed by atoms with Gasteiger partial charge in [0, 0.05) is 0 Å². The van der Waals surface area contributed by atoms with Crippen molar-refractivity contribution in [3.05, 3.63) is 30.1 Å². The number of nitrogens with zero attached hydrogens (tertiary/aromatic N) is 2. The minimum atomic E-state index is -4.77. The van der Waals surface area contributed by atoms with Crippen LogP contribution in [0, 0.1) is 5.92 Å². The van der Waals surface area contributed by atoms with Crippen LogP contribution in [0.4, 0.5) is 18.0 Å². The van der Waals surface area contributed by atoms with Crippen molar-refractivity contribution in [2.45, 2.75) is 32.6 Å². The summed E-state index contributed by atoms with van der Waals surface area (Å²) in [5.74, 6) is -3.26. The molecule has 0 unspecified atom stereocenters. The number of hydrazine groups is 1. The van der Waals surface area contributed by atoms with Crippen LogP contribution in [-0.2, 0) is 22.3 Å². The summed E-state index contributed by atoms with van der Waals surface area (Å²) in [5, 5.41) is 2.21. The van der Waals surface area contributed by atoms with Crippen molar-refractivity contribution < 1.29 is 27.6 Å². The molecular weight excluding hydrogens is 381 g/mol. The van der Waals surface area contributed by atoms with Crippen LogP contribution in [0.1, 0.15) is 19.7 Å². The molecule has 28 heavy (non-hydrogen) atoms. The van der Waals surface area contributed by atoms with Crippen molar-refractivity contribution >= 4 is 28.9 Å². The van der Waals surface area contributed by atoms with Crippen LogP contribution in [0.3, 0.4) is 0 Å². The molecule has 0 saturated heterocycles. The lowest BCUT2D eigenvalue weighted by atomic mass is 10.0. The smallest absolute Gasteiger partial charge is 0.352 e. The minimum absolute atomic E-state index is 0.0807. The second-order valence-electron chi connectivity index (χ2n) is 6.28. The first kappa shape index (κ1) is 21.0. The number of carbonyl (C=O) groups excluding carboxylic acids is 3. The number of carbonyl (C=O) groups is 3.